The van der Waals surface area contributed by atoms with Gasteiger partial charge in [0.2, 0.25) is 5.91 Å². The molecule has 2 atom stereocenters. The van der Waals surface area contributed by atoms with Crippen molar-refractivity contribution in [2.75, 3.05) is 5.32 Å². The van der Waals surface area contributed by atoms with Crippen LogP contribution in [0.15, 0.2) is 48.5 Å². The molecule has 0 heterocycles. The zero-order valence-electron chi connectivity index (χ0n) is 11.9. The third-order valence-corrected chi connectivity index (χ3v) is 5.98. The maximum atomic E-state index is 12.4. The Morgan fingerprint density at radius 1 is 1.05 bits per heavy atom. The minimum absolute atomic E-state index is 0.0623. The summed E-state index contributed by atoms with van der Waals surface area (Å²) in [5.41, 5.74) is 4.16. The second kappa shape index (κ2) is 7.23. The van der Waals surface area contributed by atoms with Gasteiger partial charge in [-0.05, 0) is 31.0 Å². The van der Waals surface area contributed by atoms with Crippen LogP contribution >= 0.6 is 31.9 Å². The smallest absolute Gasteiger partial charge is 0.239 e. The summed E-state index contributed by atoms with van der Waals surface area (Å²) in [6, 6.07) is 15.9. The number of hydrogen-bond donors (Lipinski definition) is 1. The van der Waals surface area contributed by atoms with Crippen LogP contribution in [0, 0.1) is 13.8 Å². The Morgan fingerprint density at radius 2 is 1.71 bits per heavy atom. The summed E-state index contributed by atoms with van der Waals surface area (Å²) >= 11 is 7.07. The van der Waals surface area contributed by atoms with Crippen molar-refractivity contribution in [2.45, 2.75) is 23.5 Å². The Balaban J connectivity index is 2.09. The average molecular weight is 411 g/mol. The normalized spacial score (nSPS) is 13.5. The number of hydrogen-bond acceptors (Lipinski definition) is 1. The number of nitrogens with one attached hydrogen (secondary N) is 1. The molecule has 1 N–H and O–H groups in total. The summed E-state index contributed by atoms with van der Waals surface area (Å²) < 4.78 is 0. The molecule has 0 saturated carbocycles. The standard InChI is InChI=1S/C17H17Br2NO/c1-11-8-9-14(12(2)10-11)20-17(21)16(19)15(18)13-6-4-3-5-7-13/h3-10,15-16H,1-2H3,(H,20,21)/t15-,16+/m0/s1. The predicted octanol–water partition coefficient (Wildman–Crippen LogP) is 5.14. The zero-order chi connectivity index (χ0) is 15.4. The van der Waals surface area contributed by atoms with Gasteiger partial charge in [-0.15, -0.1) is 0 Å². The van der Waals surface area contributed by atoms with Gasteiger partial charge < -0.3 is 5.32 Å². The quantitative estimate of drug-likeness (QED) is 0.694. The van der Waals surface area contributed by atoms with E-state index in [1.807, 2.05) is 56.3 Å². The molecule has 0 aliphatic carbocycles. The molecular formula is C17H17Br2NO. The first-order chi connectivity index (χ1) is 9.99. The van der Waals surface area contributed by atoms with Crippen LogP contribution in [0.2, 0.25) is 0 Å². The average Bonchev–Trinajstić information content (AvgIpc) is 2.49. The molecule has 1 amide bonds. The molecule has 2 nitrogen and oxygen atoms in total. The van der Waals surface area contributed by atoms with Gasteiger partial charge in [0, 0.05) is 5.69 Å². The van der Waals surface area contributed by atoms with Crippen molar-refractivity contribution in [3.8, 4) is 0 Å². The summed E-state index contributed by atoms with van der Waals surface area (Å²) in [7, 11) is 0. The van der Waals surface area contributed by atoms with E-state index < -0.39 is 0 Å². The largest absolute Gasteiger partial charge is 0.325 e. The van der Waals surface area contributed by atoms with Gasteiger partial charge in [0.25, 0.3) is 0 Å². The highest BCUT2D eigenvalue weighted by atomic mass is 79.9. The van der Waals surface area contributed by atoms with Gasteiger partial charge in [0.05, 0.1) is 4.83 Å². The molecule has 0 saturated heterocycles. The molecule has 4 heteroatoms. The van der Waals surface area contributed by atoms with Gasteiger partial charge in [-0.1, -0.05) is 79.9 Å². The molecule has 0 radical (unpaired) electrons. The Labute approximate surface area is 142 Å². The third kappa shape index (κ3) is 4.17. The van der Waals surface area contributed by atoms with Crippen LogP contribution < -0.4 is 5.32 Å². The van der Waals surface area contributed by atoms with Crippen LogP contribution in [0.5, 0.6) is 0 Å². The summed E-state index contributed by atoms with van der Waals surface area (Å²) in [6.45, 7) is 4.03. The SMILES string of the molecule is Cc1ccc(NC(=O)[C@H](Br)[C@@H](Br)c2ccccc2)c(C)c1. The van der Waals surface area contributed by atoms with E-state index in [9.17, 15) is 4.79 Å². The maximum absolute atomic E-state index is 12.4. The lowest BCUT2D eigenvalue weighted by molar-refractivity contribution is -0.115. The summed E-state index contributed by atoms with van der Waals surface area (Å²) in [5.74, 6) is -0.0623. The Hall–Kier alpha value is -1.13. The molecule has 21 heavy (non-hydrogen) atoms. The van der Waals surface area contributed by atoms with E-state index in [4.69, 9.17) is 0 Å². The van der Waals surface area contributed by atoms with E-state index >= 15 is 0 Å². The van der Waals surface area contributed by atoms with Crippen molar-refractivity contribution < 1.29 is 4.79 Å². The third-order valence-electron chi connectivity index (χ3n) is 3.27. The number of anilines is 1. The second-order valence-corrected chi connectivity index (χ2v) is 6.99. The first-order valence-electron chi connectivity index (χ1n) is 6.70. The topological polar surface area (TPSA) is 29.1 Å². The molecular weight excluding hydrogens is 394 g/mol. The second-order valence-electron chi connectivity index (χ2n) is 5.02. The molecule has 0 aliphatic heterocycles. The Morgan fingerprint density at radius 3 is 2.33 bits per heavy atom. The van der Waals surface area contributed by atoms with Crippen LogP contribution in [-0.2, 0) is 4.79 Å². The van der Waals surface area contributed by atoms with Gasteiger partial charge in [0.1, 0.15) is 4.83 Å². The van der Waals surface area contributed by atoms with Crippen molar-refractivity contribution in [3.05, 3.63) is 65.2 Å². The van der Waals surface area contributed by atoms with Crippen molar-refractivity contribution in [1.29, 1.82) is 0 Å². The molecule has 2 rings (SSSR count). The lowest BCUT2D eigenvalue weighted by atomic mass is 10.1. The lowest BCUT2D eigenvalue weighted by Crippen LogP contribution is -2.26. The van der Waals surface area contributed by atoms with Gasteiger partial charge >= 0.3 is 0 Å². The van der Waals surface area contributed by atoms with E-state index in [0.717, 1.165) is 16.8 Å². The zero-order valence-corrected chi connectivity index (χ0v) is 15.1. The van der Waals surface area contributed by atoms with Crippen molar-refractivity contribution in [1.82, 2.24) is 0 Å². The van der Waals surface area contributed by atoms with Crippen molar-refractivity contribution in [2.24, 2.45) is 0 Å². The summed E-state index contributed by atoms with van der Waals surface area (Å²) in [5, 5.41) is 2.97. The fraction of sp³-hybridized carbons (Fsp3) is 0.235. The van der Waals surface area contributed by atoms with E-state index in [0.29, 0.717) is 0 Å². The van der Waals surface area contributed by atoms with Gasteiger partial charge in [-0.2, -0.15) is 0 Å². The number of benzene rings is 2. The number of carbonyl (C=O) groups is 1. The highest BCUT2D eigenvalue weighted by Crippen LogP contribution is 2.32. The number of alkyl halides is 2. The fourth-order valence-corrected chi connectivity index (χ4v) is 3.06. The van der Waals surface area contributed by atoms with E-state index in [1.165, 1.54) is 5.56 Å². The van der Waals surface area contributed by atoms with Crippen LogP contribution in [0.3, 0.4) is 0 Å². The van der Waals surface area contributed by atoms with Gasteiger partial charge in [-0.3, -0.25) is 4.79 Å². The first-order valence-corrected chi connectivity index (χ1v) is 8.53. The number of carbonyl (C=O) groups excluding carboxylic acids is 1. The molecule has 0 fully saturated rings. The summed E-state index contributed by atoms with van der Waals surface area (Å²) in [6.07, 6.45) is 0. The van der Waals surface area contributed by atoms with Crippen LogP contribution in [-0.4, -0.2) is 10.7 Å². The molecule has 0 bridgehead atoms. The molecule has 110 valence electrons. The van der Waals surface area contributed by atoms with E-state index in [1.54, 1.807) is 0 Å². The monoisotopic (exact) mass is 409 g/mol. The lowest BCUT2D eigenvalue weighted by Gasteiger charge is -2.18. The first kappa shape index (κ1) is 16.2. The number of aryl methyl sites for hydroxylation is 2. The van der Waals surface area contributed by atoms with Crippen LogP contribution in [0.4, 0.5) is 5.69 Å². The molecule has 0 aliphatic rings. The number of amides is 1. The number of rotatable bonds is 4. The molecule has 0 spiro atoms. The maximum Gasteiger partial charge on any atom is 0.239 e. The highest BCUT2D eigenvalue weighted by Gasteiger charge is 2.25. The minimum Gasteiger partial charge on any atom is -0.325 e. The minimum atomic E-state index is -0.347. The fourth-order valence-electron chi connectivity index (χ4n) is 2.09. The van der Waals surface area contributed by atoms with Crippen molar-refractivity contribution >= 4 is 43.5 Å². The molecule has 2 aromatic rings. The number of halogens is 2. The van der Waals surface area contributed by atoms with E-state index in [2.05, 4.69) is 43.2 Å². The Kier molecular flexibility index (Phi) is 5.59. The molecule has 0 aromatic heterocycles. The van der Waals surface area contributed by atoms with Gasteiger partial charge in [0.15, 0.2) is 0 Å². The molecule has 2 aromatic carbocycles. The highest BCUT2D eigenvalue weighted by molar-refractivity contribution is 9.12. The molecule has 0 unspecified atom stereocenters. The van der Waals surface area contributed by atoms with Crippen LogP contribution in [0.1, 0.15) is 21.5 Å². The summed E-state index contributed by atoms with van der Waals surface area (Å²) in [4.78, 5) is 12.0. The Bertz CT molecular complexity index is 628. The predicted molar refractivity (Wildman–Crippen MR) is 95.4 cm³/mol. The van der Waals surface area contributed by atoms with E-state index in [-0.39, 0.29) is 15.6 Å². The van der Waals surface area contributed by atoms with Crippen molar-refractivity contribution in [3.63, 3.8) is 0 Å². The van der Waals surface area contributed by atoms with Crippen LogP contribution in [0.25, 0.3) is 0 Å². The van der Waals surface area contributed by atoms with Gasteiger partial charge in [-0.25, -0.2) is 0 Å².